The number of halogens is 1. The second-order valence-electron chi connectivity index (χ2n) is 6.22. The summed E-state index contributed by atoms with van der Waals surface area (Å²) in [6.07, 6.45) is 5.07. The van der Waals surface area contributed by atoms with Gasteiger partial charge in [0.05, 0.1) is 10.6 Å². The van der Waals surface area contributed by atoms with E-state index in [4.69, 9.17) is 0 Å². The van der Waals surface area contributed by atoms with E-state index in [0.29, 0.717) is 30.0 Å². The van der Waals surface area contributed by atoms with Crippen LogP contribution in [0.5, 0.6) is 0 Å². The highest BCUT2D eigenvalue weighted by Gasteiger charge is 2.27. The van der Waals surface area contributed by atoms with E-state index in [9.17, 15) is 13.2 Å². The predicted octanol–water partition coefficient (Wildman–Crippen LogP) is 2.53. The van der Waals surface area contributed by atoms with Crippen molar-refractivity contribution in [1.82, 2.24) is 18.9 Å². The second-order valence-corrected chi connectivity index (χ2v) is 9.08. The number of hydrogen-bond acceptors (Lipinski definition) is 5. The van der Waals surface area contributed by atoms with Gasteiger partial charge in [0.2, 0.25) is 10.0 Å². The van der Waals surface area contributed by atoms with Crippen LogP contribution >= 0.6 is 15.9 Å². The molecule has 1 amide bonds. The summed E-state index contributed by atoms with van der Waals surface area (Å²) in [4.78, 5) is 12.8. The predicted molar refractivity (Wildman–Crippen MR) is 103 cm³/mol. The van der Waals surface area contributed by atoms with E-state index in [1.165, 1.54) is 34.9 Å². The number of pyridine rings is 1. The molecule has 1 N–H and O–H groups in total. The van der Waals surface area contributed by atoms with Gasteiger partial charge < -0.3 is 5.32 Å². The van der Waals surface area contributed by atoms with Crippen LogP contribution < -0.4 is 5.32 Å². The van der Waals surface area contributed by atoms with Crippen molar-refractivity contribution in [3.63, 3.8) is 0 Å². The molecule has 3 aromatic rings. The maximum atomic E-state index is 12.6. The van der Waals surface area contributed by atoms with Crippen LogP contribution in [0.15, 0.2) is 52.2 Å². The van der Waals surface area contributed by atoms with Crippen molar-refractivity contribution < 1.29 is 13.2 Å². The van der Waals surface area contributed by atoms with E-state index in [1.54, 1.807) is 16.7 Å². The Morgan fingerprint density at radius 1 is 1.15 bits per heavy atom. The Morgan fingerprint density at radius 2 is 1.85 bits per heavy atom. The number of anilines is 1. The molecular formula is C17H16BrN5O3S. The maximum absolute atomic E-state index is 12.6. The molecule has 2 aromatic heterocycles. The number of sulfonamides is 1. The topological polar surface area (TPSA) is 96.7 Å². The summed E-state index contributed by atoms with van der Waals surface area (Å²) < 4.78 is 29.1. The molecule has 3 heterocycles. The molecule has 0 spiro atoms. The summed E-state index contributed by atoms with van der Waals surface area (Å²) in [6, 6.07) is 7.69. The molecule has 0 atom stereocenters. The molecule has 10 heteroatoms. The Kier molecular flexibility index (Phi) is 4.70. The van der Waals surface area contributed by atoms with Crippen molar-refractivity contribution in [2.45, 2.75) is 17.7 Å². The van der Waals surface area contributed by atoms with Gasteiger partial charge in [-0.1, -0.05) is 0 Å². The Morgan fingerprint density at radius 3 is 2.56 bits per heavy atom. The SMILES string of the molecule is O=C(Nc1cc(Br)cn2cnnc12)c1ccc(S(=O)(=O)N2CCCC2)cc1. The van der Waals surface area contributed by atoms with Gasteiger partial charge in [0, 0.05) is 29.3 Å². The molecule has 0 saturated carbocycles. The average molecular weight is 450 g/mol. The highest BCUT2D eigenvalue weighted by atomic mass is 79.9. The van der Waals surface area contributed by atoms with Gasteiger partial charge in [0.1, 0.15) is 6.33 Å². The zero-order valence-corrected chi connectivity index (χ0v) is 16.6. The van der Waals surface area contributed by atoms with Gasteiger partial charge in [-0.15, -0.1) is 10.2 Å². The average Bonchev–Trinajstić information content (AvgIpc) is 3.33. The Labute approximate surface area is 164 Å². The Balaban J connectivity index is 1.57. The first-order valence-corrected chi connectivity index (χ1v) is 10.6. The monoisotopic (exact) mass is 449 g/mol. The van der Waals surface area contributed by atoms with Crippen LogP contribution in [-0.2, 0) is 10.0 Å². The summed E-state index contributed by atoms with van der Waals surface area (Å²) in [5.74, 6) is -0.358. The summed E-state index contributed by atoms with van der Waals surface area (Å²) in [7, 11) is -3.49. The fraction of sp³-hybridized carbons (Fsp3) is 0.235. The fourth-order valence-corrected chi connectivity index (χ4v) is 5.01. The second kappa shape index (κ2) is 7.02. The molecule has 0 radical (unpaired) electrons. The Bertz CT molecular complexity index is 1110. The van der Waals surface area contributed by atoms with E-state index in [0.717, 1.165) is 17.3 Å². The van der Waals surface area contributed by atoms with Crippen LogP contribution in [0, 0.1) is 0 Å². The van der Waals surface area contributed by atoms with Crippen molar-refractivity contribution in [2.24, 2.45) is 0 Å². The van der Waals surface area contributed by atoms with Crippen LogP contribution in [0.2, 0.25) is 0 Å². The smallest absolute Gasteiger partial charge is 0.255 e. The minimum absolute atomic E-state index is 0.197. The zero-order valence-electron chi connectivity index (χ0n) is 14.2. The lowest BCUT2D eigenvalue weighted by Crippen LogP contribution is -2.27. The van der Waals surface area contributed by atoms with Crippen molar-refractivity contribution in [3.8, 4) is 0 Å². The van der Waals surface area contributed by atoms with Crippen LogP contribution in [0.1, 0.15) is 23.2 Å². The molecule has 0 bridgehead atoms. The standard InChI is InChI=1S/C17H16BrN5O3S/c18-13-9-15(16-21-19-11-22(16)10-13)20-17(24)12-3-5-14(6-4-12)27(25,26)23-7-1-2-8-23/h3-6,9-11H,1-2,7-8H2,(H,20,24). The van der Waals surface area contributed by atoms with Gasteiger partial charge in [-0.25, -0.2) is 8.42 Å². The first kappa shape index (κ1) is 18.1. The quantitative estimate of drug-likeness (QED) is 0.659. The lowest BCUT2D eigenvalue weighted by Gasteiger charge is -2.15. The number of nitrogens with zero attached hydrogens (tertiary/aromatic N) is 4. The third-order valence-electron chi connectivity index (χ3n) is 4.43. The lowest BCUT2D eigenvalue weighted by molar-refractivity contribution is 0.102. The molecule has 0 unspecified atom stereocenters. The van der Waals surface area contributed by atoms with Crippen molar-refractivity contribution in [2.75, 3.05) is 18.4 Å². The molecule has 1 fully saturated rings. The third-order valence-corrected chi connectivity index (χ3v) is 6.77. The van der Waals surface area contributed by atoms with Crippen LogP contribution in [0.4, 0.5) is 5.69 Å². The fourth-order valence-electron chi connectivity index (χ4n) is 3.04. The molecular weight excluding hydrogens is 434 g/mol. The van der Waals surface area contributed by atoms with Gasteiger partial charge >= 0.3 is 0 Å². The van der Waals surface area contributed by atoms with Gasteiger partial charge in [-0.2, -0.15) is 4.31 Å². The minimum Gasteiger partial charge on any atom is -0.319 e. The number of carbonyl (C=O) groups excluding carboxylic acids is 1. The molecule has 1 aliphatic heterocycles. The van der Waals surface area contributed by atoms with E-state index in [1.807, 2.05) is 0 Å². The van der Waals surface area contributed by atoms with E-state index >= 15 is 0 Å². The van der Waals surface area contributed by atoms with Gasteiger partial charge in [-0.3, -0.25) is 9.20 Å². The zero-order chi connectivity index (χ0) is 19.0. The maximum Gasteiger partial charge on any atom is 0.255 e. The number of aromatic nitrogens is 3. The van der Waals surface area contributed by atoms with E-state index < -0.39 is 10.0 Å². The summed E-state index contributed by atoms with van der Waals surface area (Å²) in [5.41, 5.74) is 1.37. The first-order chi connectivity index (χ1) is 12.9. The normalized spacial score (nSPS) is 15.3. The number of benzene rings is 1. The molecule has 1 saturated heterocycles. The number of amides is 1. The summed E-state index contributed by atoms with van der Waals surface area (Å²) in [6.45, 7) is 1.09. The summed E-state index contributed by atoms with van der Waals surface area (Å²) in [5, 5.41) is 10.6. The highest BCUT2D eigenvalue weighted by molar-refractivity contribution is 9.10. The molecule has 8 nitrogen and oxygen atoms in total. The van der Waals surface area contributed by atoms with Crippen LogP contribution in [-0.4, -0.2) is 46.3 Å². The molecule has 0 aliphatic carbocycles. The Hall–Kier alpha value is -2.30. The van der Waals surface area contributed by atoms with E-state index in [-0.39, 0.29) is 10.8 Å². The molecule has 27 heavy (non-hydrogen) atoms. The molecule has 1 aliphatic rings. The highest BCUT2D eigenvalue weighted by Crippen LogP contribution is 2.23. The summed E-state index contributed by atoms with van der Waals surface area (Å²) >= 11 is 3.38. The molecule has 140 valence electrons. The number of nitrogens with one attached hydrogen (secondary N) is 1. The first-order valence-electron chi connectivity index (χ1n) is 8.35. The number of carbonyl (C=O) groups is 1. The van der Waals surface area contributed by atoms with Gasteiger partial charge in [-0.05, 0) is 59.1 Å². The number of hydrogen-bond donors (Lipinski definition) is 1. The molecule has 1 aromatic carbocycles. The minimum atomic E-state index is -3.49. The largest absolute Gasteiger partial charge is 0.319 e. The van der Waals surface area contributed by atoms with Crippen molar-refractivity contribution in [3.05, 3.63) is 52.9 Å². The molecule has 4 rings (SSSR count). The van der Waals surface area contributed by atoms with Crippen molar-refractivity contribution >= 4 is 43.2 Å². The van der Waals surface area contributed by atoms with Gasteiger partial charge in [0.25, 0.3) is 5.91 Å². The number of fused-ring (bicyclic) bond motifs is 1. The van der Waals surface area contributed by atoms with E-state index in [2.05, 4.69) is 31.4 Å². The van der Waals surface area contributed by atoms with Crippen LogP contribution in [0.3, 0.4) is 0 Å². The lowest BCUT2D eigenvalue weighted by atomic mass is 10.2. The van der Waals surface area contributed by atoms with Gasteiger partial charge in [0.15, 0.2) is 5.65 Å². The number of rotatable bonds is 4. The third kappa shape index (κ3) is 3.47. The van der Waals surface area contributed by atoms with Crippen LogP contribution in [0.25, 0.3) is 5.65 Å². The van der Waals surface area contributed by atoms with Crippen molar-refractivity contribution in [1.29, 1.82) is 0 Å².